The van der Waals surface area contributed by atoms with E-state index in [9.17, 15) is 9.59 Å². The van der Waals surface area contributed by atoms with E-state index >= 15 is 0 Å². The molecule has 1 heterocycles. The van der Waals surface area contributed by atoms with Crippen LogP contribution in [-0.2, 0) is 21.7 Å². The summed E-state index contributed by atoms with van der Waals surface area (Å²) in [6.07, 6.45) is -0.142. The standard InChI is InChI=1S/C22H24N2O3S/c1-22(2,3)27-21(26)24-18(14-16-10-6-4-7-11-16)19(25)23-20(24)28-15-17-12-8-5-9-13-17/h4-13,18H,14-15H2,1-3H3/t18-/m0/s1. The van der Waals surface area contributed by atoms with E-state index < -0.39 is 17.7 Å². The van der Waals surface area contributed by atoms with Gasteiger partial charge in [-0.3, -0.25) is 4.79 Å². The quantitative estimate of drug-likeness (QED) is 0.754. The highest BCUT2D eigenvalue weighted by Crippen LogP contribution is 2.27. The second kappa shape index (κ2) is 8.61. The van der Waals surface area contributed by atoms with Gasteiger partial charge < -0.3 is 4.74 Å². The summed E-state index contributed by atoms with van der Waals surface area (Å²) in [5, 5.41) is 0.393. The number of benzene rings is 2. The van der Waals surface area contributed by atoms with Crippen molar-refractivity contribution >= 4 is 28.9 Å². The van der Waals surface area contributed by atoms with Crippen LogP contribution < -0.4 is 0 Å². The van der Waals surface area contributed by atoms with Crippen molar-refractivity contribution in [3.63, 3.8) is 0 Å². The van der Waals surface area contributed by atoms with Crippen molar-refractivity contribution in [2.24, 2.45) is 4.99 Å². The number of amidine groups is 1. The largest absolute Gasteiger partial charge is 0.443 e. The number of aliphatic imine (C=N–C) groups is 1. The average Bonchev–Trinajstić information content (AvgIpc) is 2.96. The van der Waals surface area contributed by atoms with Gasteiger partial charge in [0.2, 0.25) is 0 Å². The first-order chi connectivity index (χ1) is 13.3. The van der Waals surface area contributed by atoms with Crippen LogP contribution in [0.3, 0.4) is 0 Å². The molecule has 0 aromatic heterocycles. The normalized spacial score (nSPS) is 16.8. The van der Waals surface area contributed by atoms with Crippen LogP contribution >= 0.6 is 11.8 Å². The van der Waals surface area contributed by atoms with E-state index in [-0.39, 0.29) is 5.91 Å². The Kier molecular flexibility index (Phi) is 6.19. The summed E-state index contributed by atoms with van der Waals surface area (Å²) in [5.74, 6) is 0.301. The van der Waals surface area contributed by atoms with Crippen LogP contribution in [0.15, 0.2) is 65.7 Å². The van der Waals surface area contributed by atoms with Crippen LogP contribution in [-0.4, -0.2) is 33.7 Å². The number of hydrogen-bond acceptors (Lipinski definition) is 4. The van der Waals surface area contributed by atoms with Crippen LogP contribution in [0.1, 0.15) is 31.9 Å². The summed E-state index contributed by atoms with van der Waals surface area (Å²) in [7, 11) is 0. The fourth-order valence-electron chi connectivity index (χ4n) is 2.82. The van der Waals surface area contributed by atoms with E-state index in [1.807, 2.05) is 81.4 Å². The first-order valence-corrected chi connectivity index (χ1v) is 10.2. The maximum atomic E-state index is 12.9. The van der Waals surface area contributed by atoms with Gasteiger partial charge in [0.15, 0.2) is 5.17 Å². The van der Waals surface area contributed by atoms with E-state index in [0.717, 1.165) is 11.1 Å². The molecule has 0 radical (unpaired) electrons. The number of rotatable bonds is 4. The third-order valence-electron chi connectivity index (χ3n) is 4.08. The average molecular weight is 397 g/mol. The van der Waals surface area contributed by atoms with E-state index in [2.05, 4.69) is 4.99 Å². The van der Waals surface area contributed by atoms with Gasteiger partial charge in [-0.05, 0) is 31.9 Å². The minimum absolute atomic E-state index is 0.315. The molecule has 5 nitrogen and oxygen atoms in total. The Bertz CT molecular complexity index is 860. The third-order valence-corrected chi connectivity index (χ3v) is 5.11. The Morgan fingerprint density at radius 1 is 1.04 bits per heavy atom. The highest BCUT2D eigenvalue weighted by Gasteiger charge is 2.41. The minimum atomic E-state index is -0.685. The van der Waals surface area contributed by atoms with E-state index in [4.69, 9.17) is 4.74 Å². The number of carbonyl (C=O) groups is 2. The first kappa shape index (κ1) is 20.1. The number of amides is 2. The molecule has 0 fully saturated rings. The summed E-state index contributed by atoms with van der Waals surface area (Å²) in [6.45, 7) is 5.43. The molecule has 0 spiro atoms. The van der Waals surface area contributed by atoms with Crippen LogP contribution in [0.4, 0.5) is 4.79 Å². The molecule has 3 rings (SSSR count). The molecule has 146 valence electrons. The molecule has 1 aliphatic rings. The second-order valence-electron chi connectivity index (χ2n) is 7.56. The fraction of sp³-hybridized carbons (Fsp3) is 0.318. The van der Waals surface area contributed by atoms with E-state index in [0.29, 0.717) is 17.3 Å². The summed E-state index contributed by atoms with van der Waals surface area (Å²) < 4.78 is 5.56. The van der Waals surface area contributed by atoms with Gasteiger partial charge in [0.05, 0.1) is 0 Å². The summed E-state index contributed by atoms with van der Waals surface area (Å²) in [5.41, 5.74) is 1.41. The van der Waals surface area contributed by atoms with Crippen molar-refractivity contribution in [2.45, 2.75) is 44.6 Å². The Labute approximate surface area is 169 Å². The first-order valence-electron chi connectivity index (χ1n) is 9.19. The Hall–Kier alpha value is -2.60. The Balaban J connectivity index is 1.81. The van der Waals surface area contributed by atoms with Crippen molar-refractivity contribution in [1.82, 2.24) is 4.90 Å². The maximum Gasteiger partial charge on any atom is 0.417 e. The van der Waals surface area contributed by atoms with Crippen LogP contribution in [0, 0.1) is 0 Å². The number of hydrogen-bond donors (Lipinski definition) is 0. The van der Waals surface area contributed by atoms with Gasteiger partial charge in [0, 0.05) is 12.2 Å². The lowest BCUT2D eigenvalue weighted by Crippen LogP contribution is -2.45. The summed E-state index contributed by atoms with van der Waals surface area (Å²) in [4.78, 5) is 31.1. The monoisotopic (exact) mass is 396 g/mol. The predicted octanol–water partition coefficient (Wildman–Crippen LogP) is 4.66. The lowest BCUT2D eigenvalue weighted by molar-refractivity contribution is -0.120. The van der Waals surface area contributed by atoms with Crippen molar-refractivity contribution < 1.29 is 14.3 Å². The molecule has 2 amide bonds. The van der Waals surface area contributed by atoms with Gasteiger partial charge in [-0.1, -0.05) is 72.4 Å². The van der Waals surface area contributed by atoms with Crippen molar-refractivity contribution in [3.05, 3.63) is 71.8 Å². The molecule has 0 saturated carbocycles. The number of carbonyl (C=O) groups excluding carboxylic acids is 2. The molecule has 2 aromatic rings. The molecule has 28 heavy (non-hydrogen) atoms. The van der Waals surface area contributed by atoms with Gasteiger partial charge in [0.25, 0.3) is 5.91 Å². The van der Waals surface area contributed by atoms with Crippen LogP contribution in [0.25, 0.3) is 0 Å². The Morgan fingerprint density at radius 2 is 1.61 bits per heavy atom. The van der Waals surface area contributed by atoms with Crippen LogP contribution in [0.5, 0.6) is 0 Å². The zero-order chi connectivity index (χ0) is 20.1. The van der Waals surface area contributed by atoms with Crippen molar-refractivity contribution in [1.29, 1.82) is 0 Å². The lowest BCUT2D eigenvalue weighted by atomic mass is 10.1. The molecule has 2 aromatic carbocycles. The smallest absolute Gasteiger partial charge is 0.417 e. The molecule has 0 aliphatic carbocycles. The number of nitrogens with zero attached hydrogens (tertiary/aromatic N) is 2. The zero-order valence-electron chi connectivity index (χ0n) is 16.3. The number of thioether (sulfide) groups is 1. The molecule has 0 unspecified atom stereocenters. The van der Waals surface area contributed by atoms with Crippen LogP contribution in [0.2, 0.25) is 0 Å². The molecule has 1 atom stereocenters. The molecule has 6 heteroatoms. The molecule has 0 saturated heterocycles. The van der Waals surface area contributed by atoms with E-state index in [1.165, 1.54) is 16.7 Å². The topological polar surface area (TPSA) is 59.0 Å². The fourth-order valence-corrected chi connectivity index (χ4v) is 3.81. The lowest BCUT2D eigenvalue weighted by Gasteiger charge is -2.28. The third kappa shape index (κ3) is 5.23. The van der Waals surface area contributed by atoms with Gasteiger partial charge in [-0.25, -0.2) is 9.69 Å². The minimum Gasteiger partial charge on any atom is -0.443 e. The zero-order valence-corrected chi connectivity index (χ0v) is 17.1. The highest BCUT2D eigenvalue weighted by molar-refractivity contribution is 8.13. The Morgan fingerprint density at radius 3 is 2.18 bits per heavy atom. The summed E-state index contributed by atoms with van der Waals surface area (Å²) in [6, 6.07) is 18.8. The second-order valence-corrected chi connectivity index (χ2v) is 8.51. The summed E-state index contributed by atoms with van der Waals surface area (Å²) >= 11 is 1.37. The highest BCUT2D eigenvalue weighted by atomic mass is 32.2. The molecule has 1 aliphatic heterocycles. The SMILES string of the molecule is CC(C)(C)OC(=O)N1C(SCc2ccccc2)=NC(=O)[C@@H]1Cc1ccccc1. The van der Waals surface area contributed by atoms with Gasteiger partial charge in [0.1, 0.15) is 11.6 Å². The number of ether oxygens (including phenoxy) is 1. The predicted molar refractivity (Wildman–Crippen MR) is 112 cm³/mol. The molecule has 0 bridgehead atoms. The van der Waals surface area contributed by atoms with Crippen molar-refractivity contribution in [3.8, 4) is 0 Å². The van der Waals surface area contributed by atoms with Gasteiger partial charge in [-0.2, -0.15) is 4.99 Å². The van der Waals surface area contributed by atoms with Crippen molar-refractivity contribution in [2.75, 3.05) is 0 Å². The van der Waals surface area contributed by atoms with Gasteiger partial charge in [-0.15, -0.1) is 0 Å². The van der Waals surface area contributed by atoms with Gasteiger partial charge >= 0.3 is 6.09 Å². The molecular formula is C22H24N2O3S. The molecular weight excluding hydrogens is 372 g/mol. The maximum absolute atomic E-state index is 12.9. The van der Waals surface area contributed by atoms with E-state index in [1.54, 1.807) is 0 Å². The molecule has 0 N–H and O–H groups in total.